The molecule has 19 heavy (non-hydrogen) atoms. The summed E-state index contributed by atoms with van der Waals surface area (Å²) in [7, 11) is 1.78. The number of hydrogen-bond donors (Lipinski definition) is 1. The second-order valence-electron chi connectivity index (χ2n) is 5.45. The van der Waals surface area contributed by atoms with Gasteiger partial charge in [-0.1, -0.05) is 30.3 Å². The van der Waals surface area contributed by atoms with E-state index in [9.17, 15) is 0 Å². The summed E-state index contributed by atoms with van der Waals surface area (Å²) in [5.41, 5.74) is 1.24. The van der Waals surface area contributed by atoms with Gasteiger partial charge in [0.15, 0.2) is 0 Å². The number of rotatable bonds is 7. The Labute approximate surface area is 116 Å². The fraction of sp³-hybridized carbons (Fsp3) is 0.625. The molecule has 0 aliphatic carbocycles. The quantitative estimate of drug-likeness (QED) is 0.817. The van der Waals surface area contributed by atoms with Crippen LogP contribution in [0, 0.1) is 0 Å². The van der Waals surface area contributed by atoms with E-state index in [0.29, 0.717) is 6.04 Å². The van der Waals surface area contributed by atoms with E-state index in [1.165, 1.54) is 31.5 Å². The van der Waals surface area contributed by atoms with E-state index in [2.05, 4.69) is 41.4 Å². The Morgan fingerprint density at radius 1 is 1.21 bits per heavy atom. The molecule has 0 spiro atoms. The number of nitrogens with one attached hydrogen (secondary N) is 1. The summed E-state index contributed by atoms with van der Waals surface area (Å²) in [6, 6.07) is 10.9. The van der Waals surface area contributed by atoms with Crippen LogP contribution in [0.1, 0.15) is 31.4 Å². The highest BCUT2D eigenvalue weighted by atomic mass is 16.5. The van der Waals surface area contributed by atoms with Gasteiger partial charge < -0.3 is 15.0 Å². The summed E-state index contributed by atoms with van der Waals surface area (Å²) in [6.45, 7) is 6.80. The molecule has 1 saturated heterocycles. The number of methoxy groups -OCH3 is 1. The van der Waals surface area contributed by atoms with Crippen molar-refractivity contribution in [2.24, 2.45) is 0 Å². The lowest BCUT2D eigenvalue weighted by Gasteiger charge is -2.24. The van der Waals surface area contributed by atoms with Gasteiger partial charge in [0, 0.05) is 26.2 Å². The minimum atomic E-state index is 0.141. The van der Waals surface area contributed by atoms with Crippen molar-refractivity contribution in [2.45, 2.75) is 31.9 Å². The van der Waals surface area contributed by atoms with Crippen LogP contribution in [0.15, 0.2) is 30.3 Å². The summed E-state index contributed by atoms with van der Waals surface area (Å²) in [5.74, 6) is 0. The Bertz CT molecular complexity index is 349. The van der Waals surface area contributed by atoms with Gasteiger partial charge in [0.25, 0.3) is 0 Å². The normalized spacial score (nSPS) is 19.5. The molecule has 0 bridgehead atoms. The molecule has 2 atom stereocenters. The highest BCUT2D eigenvalue weighted by Gasteiger charge is 2.16. The average molecular weight is 262 g/mol. The molecule has 0 radical (unpaired) electrons. The van der Waals surface area contributed by atoms with Gasteiger partial charge in [0.2, 0.25) is 0 Å². The molecule has 0 amide bonds. The molecule has 2 unspecified atom stereocenters. The van der Waals surface area contributed by atoms with Crippen molar-refractivity contribution >= 4 is 0 Å². The van der Waals surface area contributed by atoms with Gasteiger partial charge in [0.1, 0.15) is 0 Å². The van der Waals surface area contributed by atoms with Gasteiger partial charge in [-0.3, -0.25) is 0 Å². The van der Waals surface area contributed by atoms with Crippen LogP contribution >= 0.6 is 0 Å². The van der Waals surface area contributed by atoms with Crippen LogP contribution in [0.3, 0.4) is 0 Å². The summed E-state index contributed by atoms with van der Waals surface area (Å²) >= 11 is 0. The summed E-state index contributed by atoms with van der Waals surface area (Å²) < 4.78 is 5.58. The molecule has 2 rings (SSSR count). The molecule has 1 heterocycles. The van der Waals surface area contributed by atoms with Gasteiger partial charge in [-0.25, -0.2) is 0 Å². The van der Waals surface area contributed by atoms with Crippen LogP contribution in [0.4, 0.5) is 0 Å². The third kappa shape index (κ3) is 4.60. The molecule has 1 aliphatic heterocycles. The summed E-state index contributed by atoms with van der Waals surface area (Å²) in [4.78, 5) is 2.54. The van der Waals surface area contributed by atoms with Gasteiger partial charge in [-0.05, 0) is 38.4 Å². The predicted molar refractivity (Wildman–Crippen MR) is 79.3 cm³/mol. The zero-order valence-electron chi connectivity index (χ0n) is 12.1. The first-order chi connectivity index (χ1) is 9.29. The monoisotopic (exact) mass is 262 g/mol. The molecule has 106 valence electrons. The van der Waals surface area contributed by atoms with E-state index in [1.54, 1.807) is 7.11 Å². The molecule has 0 aromatic heterocycles. The van der Waals surface area contributed by atoms with Gasteiger partial charge >= 0.3 is 0 Å². The number of ether oxygens (including phenoxy) is 1. The molecule has 0 saturated carbocycles. The van der Waals surface area contributed by atoms with Crippen LogP contribution in [0.5, 0.6) is 0 Å². The van der Waals surface area contributed by atoms with Crippen molar-refractivity contribution in [3.63, 3.8) is 0 Å². The second-order valence-corrected chi connectivity index (χ2v) is 5.45. The van der Waals surface area contributed by atoms with Crippen molar-refractivity contribution in [3.05, 3.63) is 35.9 Å². The van der Waals surface area contributed by atoms with Crippen LogP contribution < -0.4 is 5.32 Å². The second kappa shape index (κ2) is 7.63. The third-order valence-corrected chi connectivity index (χ3v) is 3.84. The first kappa shape index (κ1) is 14.5. The Morgan fingerprint density at radius 3 is 2.53 bits per heavy atom. The largest absolute Gasteiger partial charge is 0.375 e. The minimum absolute atomic E-state index is 0.141. The summed E-state index contributed by atoms with van der Waals surface area (Å²) in [5, 5.41) is 3.59. The van der Waals surface area contributed by atoms with Crippen LogP contribution in [0.2, 0.25) is 0 Å². The maximum Gasteiger partial charge on any atom is 0.0945 e. The van der Waals surface area contributed by atoms with E-state index < -0.39 is 0 Å². The maximum atomic E-state index is 5.58. The SMILES string of the molecule is COC(CNC(C)CN1CCCC1)c1ccccc1. The summed E-state index contributed by atoms with van der Waals surface area (Å²) in [6.07, 6.45) is 2.86. The average Bonchev–Trinajstić information content (AvgIpc) is 2.93. The van der Waals surface area contributed by atoms with Gasteiger partial charge in [-0.15, -0.1) is 0 Å². The Morgan fingerprint density at radius 2 is 1.89 bits per heavy atom. The first-order valence-corrected chi connectivity index (χ1v) is 7.33. The van der Waals surface area contributed by atoms with E-state index in [1.807, 2.05) is 6.07 Å². The smallest absolute Gasteiger partial charge is 0.0945 e. The fourth-order valence-electron chi connectivity index (χ4n) is 2.73. The Hall–Kier alpha value is -0.900. The van der Waals surface area contributed by atoms with Crippen LogP contribution in [0.25, 0.3) is 0 Å². The molecule has 1 aromatic rings. The molecular formula is C16H26N2O. The van der Waals surface area contributed by atoms with Crippen molar-refractivity contribution in [1.29, 1.82) is 0 Å². The highest BCUT2D eigenvalue weighted by Crippen LogP contribution is 2.15. The molecule has 1 aromatic carbocycles. The first-order valence-electron chi connectivity index (χ1n) is 7.33. The number of hydrogen-bond acceptors (Lipinski definition) is 3. The lowest BCUT2D eigenvalue weighted by molar-refractivity contribution is 0.0983. The van der Waals surface area contributed by atoms with Crippen molar-refractivity contribution in [1.82, 2.24) is 10.2 Å². The van der Waals surface area contributed by atoms with Gasteiger partial charge in [0.05, 0.1) is 6.10 Å². The lowest BCUT2D eigenvalue weighted by atomic mass is 10.1. The number of likely N-dealkylation sites (tertiary alicyclic amines) is 1. The lowest BCUT2D eigenvalue weighted by Crippen LogP contribution is -2.39. The van der Waals surface area contributed by atoms with Crippen molar-refractivity contribution in [3.8, 4) is 0 Å². The minimum Gasteiger partial charge on any atom is -0.375 e. The fourth-order valence-corrected chi connectivity index (χ4v) is 2.73. The molecular weight excluding hydrogens is 236 g/mol. The maximum absolute atomic E-state index is 5.58. The Balaban J connectivity index is 1.76. The van der Waals surface area contributed by atoms with Gasteiger partial charge in [-0.2, -0.15) is 0 Å². The van der Waals surface area contributed by atoms with E-state index in [0.717, 1.165) is 13.1 Å². The van der Waals surface area contributed by atoms with Crippen molar-refractivity contribution < 1.29 is 4.74 Å². The van der Waals surface area contributed by atoms with Crippen LogP contribution in [-0.4, -0.2) is 44.2 Å². The van der Waals surface area contributed by atoms with E-state index in [4.69, 9.17) is 4.74 Å². The molecule has 3 nitrogen and oxygen atoms in total. The van der Waals surface area contributed by atoms with E-state index in [-0.39, 0.29) is 6.10 Å². The molecule has 1 fully saturated rings. The highest BCUT2D eigenvalue weighted by molar-refractivity contribution is 5.17. The standard InChI is InChI=1S/C16H26N2O/c1-14(13-18-10-6-7-11-18)17-12-16(19-2)15-8-4-3-5-9-15/h3-5,8-9,14,16-17H,6-7,10-13H2,1-2H3. The topological polar surface area (TPSA) is 24.5 Å². The molecule has 3 heteroatoms. The van der Waals surface area contributed by atoms with Crippen molar-refractivity contribution in [2.75, 3.05) is 33.3 Å². The number of benzene rings is 1. The zero-order chi connectivity index (χ0) is 13.5. The van der Waals surface area contributed by atoms with Crippen LogP contribution in [-0.2, 0) is 4.74 Å². The molecule has 1 N–H and O–H groups in total. The predicted octanol–water partition coefficient (Wildman–Crippen LogP) is 2.45. The zero-order valence-corrected chi connectivity index (χ0v) is 12.1. The molecule has 1 aliphatic rings. The van der Waals surface area contributed by atoms with E-state index >= 15 is 0 Å². The third-order valence-electron chi connectivity index (χ3n) is 3.84. The Kier molecular flexibility index (Phi) is 5.83. The number of nitrogens with zero attached hydrogens (tertiary/aromatic N) is 1.